The van der Waals surface area contributed by atoms with Crippen molar-refractivity contribution in [3.8, 4) is 11.5 Å². The van der Waals surface area contributed by atoms with Crippen LogP contribution >= 0.6 is 0 Å². The van der Waals surface area contributed by atoms with E-state index in [9.17, 15) is 0 Å². The first-order valence-electron chi connectivity index (χ1n) is 5.62. The Labute approximate surface area is 100 Å². The molecule has 0 unspecified atom stereocenters. The van der Waals surface area contributed by atoms with E-state index in [0.29, 0.717) is 17.3 Å². The molecule has 5 heteroatoms. The van der Waals surface area contributed by atoms with Gasteiger partial charge in [-0.2, -0.15) is 0 Å². The molecular weight excluding hydrogens is 214 g/mol. The second-order valence-corrected chi connectivity index (χ2v) is 3.83. The molecule has 0 bridgehead atoms. The van der Waals surface area contributed by atoms with Crippen LogP contribution in [-0.2, 0) is 6.42 Å². The number of nitrogen functional groups attached to an aromatic ring is 1. The van der Waals surface area contributed by atoms with Gasteiger partial charge in [0.25, 0.3) is 0 Å². The predicted octanol–water partition coefficient (Wildman–Crippen LogP) is 1.78. The van der Waals surface area contributed by atoms with E-state index in [-0.39, 0.29) is 0 Å². The molecule has 17 heavy (non-hydrogen) atoms. The molecule has 2 heterocycles. The molecule has 0 atom stereocenters. The van der Waals surface area contributed by atoms with Crippen LogP contribution in [0.25, 0.3) is 11.5 Å². The Hall–Kier alpha value is -2.04. The Morgan fingerprint density at radius 2 is 2.06 bits per heavy atom. The summed E-state index contributed by atoms with van der Waals surface area (Å²) in [6, 6.07) is 1.80. The lowest BCUT2D eigenvalue weighted by Gasteiger charge is -2.05. The number of rotatable bonds is 3. The summed E-state index contributed by atoms with van der Waals surface area (Å²) in [6.45, 7) is 3.93. The van der Waals surface area contributed by atoms with Crippen molar-refractivity contribution in [2.45, 2.75) is 26.7 Å². The molecule has 2 N–H and O–H groups in total. The Morgan fingerprint density at radius 1 is 1.24 bits per heavy atom. The van der Waals surface area contributed by atoms with Gasteiger partial charge in [-0.15, -0.1) is 0 Å². The fourth-order valence-corrected chi connectivity index (χ4v) is 1.57. The highest BCUT2D eigenvalue weighted by atomic mass is 15.0. The van der Waals surface area contributed by atoms with Gasteiger partial charge >= 0.3 is 0 Å². The topological polar surface area (TPSA) is 77.6 Å². The number of hydrogen-bond donors (Lipinski definition) is 1. The molecule has 2 aromatic rings. The zero-order chi connectivity index (χ0) is 12.3. The summed E-state index contributed by atoms with van der Waals surface area (Å²) in [4.78, 5) is 17.0. The summed E-state index contributed by atoms with van der Waals surface area (Å²) in [5, 5.41) is 0. The highest BCUT2D eigenvalue weighted by molar-refractivity contribution is 5.52. The zero-order valence-corrected chi connectivity index (χ0v) is 10.0. The number of aromatic nitrogens is 4. The third kappa shape index (κ3) is 2.55. The van der Waals surface area contributed by atoms with Crippen LogP contribution in [0.5, 0.6) is 0 Å². The van der Waals surface area contributed by atoms with Crippen LogP contribution in [0.4, 0.5) is 5.69 Å². The molecule has 0 spiro atoms. The Balaban J connectivity index is 2.42. The maximum atomic E-state index is 5.83. The molecule has 0 saturated heterocycles. The minimum Gasteiger partial charge on any atom is -0.396 e. The van der Waals surface area contributed by atoms with Crippen molar-refractivity contribution in [1.29, 1.82) is 0 Å². The predicted molar refractivity (Wildman–Crippen MR) is 66.2 cm³/mol. The van der Waals surface area contributed by atoms with Gasteiger partial charge in [-0.1, -0.05) is 13.3 Å². The highest BCUT2D eigenvalue weighted by Gasteiger charge is 2.07. The van der Waals surface area contributed by atoms with Crippen molar-refractivity contribution in [2.24, 2.45) is 0 Å². The maximum Gasteiger partial charge on any atom is 0.178 e. The fourth-order valence-electron chi connectivity index (χ4n) is 1.57. The molecule has 0 radical (unpaired) electrons. The number of nitrogens with zero attached hydrogens (tertiary/aromatic N) is 4. The van der Waals surface area contributed by atoms with Gasteiger partial charge in [0.05, 0.1) is 17.6 Å². The van der Waals surface area contributed by atoms with Gasteiger partial charge < -0.3 is 5.73 Å². The van der Waals surface area contributed by atoms with Crippen LogP contribution in [0.1, 0.15) is 24.9 Å². The molecule has 0 aliphatic carbocycles. The average Bonchev–Trinajstić information content (AvgIpc) is 2.32. The van der Waals surface area contributed by atoms with E-state index < -0.39 is 0 Å². The van der Waals surface area contributed by atoms with Crippen LogP contribution in [0.2, 0.25) is 0 Å². The molecular formula is C12H15N5. The van der Waals surface area contributed by atoms with Gasteiger partial charge in [0.15, 0.2) is 5.82 Å². The first-order chi connectivity index (χ1) is 8.20. The molecule has 0 fully saturated rings. The van der Waals surface area contributed by atoms with E-state index in [0.717, 1.165) is 24.2 Å². The number of anilines is 1. The third-order valence-electron chi connectivity index (χ3n) is 2.39. The van der Waals surface area contributed by atoms with Crippen molar-refractivity contribution in [2.75, 3.05) is 5.73 Å². The van der Waals surface area contributed by atoms with Crippen LogP contribution in [0.3, 0.4) is 0 Å². The summed E-state index contributed by atoms with van der Waals surface area (Å²) < 4.78 is 0. The van der Waals surface area contributed by atoms with Gasteiger partial charge in [-0.25, -0.2) is 19.9 Å². The Morgan fingerprint density at radius 3 is 2.76 bits per heavy atom. The number of aryl methyl sites for hydroxylation is 2. The largest absolute Gasteiger partial charge is 0.396 e. The van der Waals surface area contributed by atoms with E-state index in [1.165, 1.54) is 0 Å². The average molecular weight is 229 g/mol. The minimum absolute atomic E-state index is 0.605. The van der Waals surface area contributed by atoms with Crippen molar-refractivity contribution in [1.82, 2.24) is 19.9 Å². The monoisotopic (exact) mass is 229 g/mol. The van der Waals surface area contributed by atoms with Gasteiger partial charge in [0.2, 0.25) is 0 Å². The van der Waals surface area contributed by atoms with Crippen LogP contribution in [0.15, 0.2) is 18.5 Å². The number of nitrogens with two attached hydrogens (primary N) is 1. The van der Waals surface area contributed by atoms with Crippen molar-refractivity contribution < 1.29 is 0 Å². The first kappa shape index (κ1) is 11.4. The fraction of sp³-hybridized carbons (Fsp3) is 0.333. The molecule has 0 aromatic carbocycles. The van der Waals surface area contributed by atoms with Crippen molar-refractivity contribution >= 4 is 5.69 Å². The summed E-state index contributed by atoms with van der Waals surface area (Å²) >= 11 is 0. The van der Waals surface area contributed by atoms with E-state index in [1.807, 2.05) is 6.92 Å². The summed E-state index contributed by atoms with van der Waals surface area (Å²) in [5.74, 6) is 1.31. The molecule has 0 amide bonds. The standard InChI is InChI=1S/C12H15N5/c1-3-4-10-9(13)7-15-12(17-10)11-5-6-14-8(2)16-11/h5-7H,3-4,13H2,1-2H3. The van der Waals surface area contributed by atoms with E-state index in [4.69, 9.17) is 5.73 Å². The molecule has 2 rings (SSSR count). The molecule has 88 valence electrons. The van der Waals surface area contributed by atoms with Crippen LogP contribution in [-0.4, -0.2) is 19.9 Å². The van der Waals surface area contributed by atoms with Crippen LogP contribution in [0, 0.1) is 6.92 Å². The highest BCUT2D eigenvalue weighted by Crippen LogP contribution is 2.16. The summed E-state index contributed by atoms with van der Waals surface area (Å²) in [6.07, 6.45) is 5.20. The van der Waals surface area contributed by atoms with Gasteiger partial charge in [-0.05, 0) is 19.4 Å². The molecule has 2 aromatic heterocycles. The van der Waals surface area contributed by atoms with Crippen molar-refractivity contribution in [3.63, 3.8) is 0 Å². The summed E-state index contributed by atoms with van der Waals surface area (Å²) in [5.41, 5.74) is 8.08. The lowest BCUT2D eigenvalue weighted by atomic mass is 10.2. The lowest BCUT2D eigenvalue weighted by Crippen LogP contribution is -2.02. The second kappa shape index (κ2) is 4.86. The maximum absolute atomic E-state index is 5.83. The molecule has 0 aliphatic rings. The van der Waals surface area contributed by atoms with E-state index in [1.54, 1.807) is 18.5 Å². The van der Waals surface area contributed by atoms with Gasteiger partial charge in [0.1, 0.15) is 11.5 Å². The van der Waals surface area contributed by atoms with E-state index in [2.05, 4.69) is 26.9 Å². The summed E-state index contributed by atoms with van der Waals surface area (Å²) in [7, 11) is 0. The van der Waals surface area contributed by atoms with Gasteiger partial charge in [-0.3, -0.25) is 0 Å². The van der Waals surface area contributed by atoms with Crippen molar-refractivity contribution in [3.05, 3.63) is 30.0 Å². The van der Waals surface area contributed by atoms with Gasteiger partial charge in [0, 0.05) is 6.20 Å². The lowest BCUT2D eigenvalue weighted by molar-refractivity contribution is 0.876. The zero-order valence-electron chi connectivity index (χ0n) is 10.0. The third-order valence-corrected chi connectivity index (χ3v) is 2.39. The normalized spacial score (nSPS) is 10.5. The SMILES string of the molecule is CCCc1nc(-c2ccnc(C)n2)ncc1N. The minimum atomic E-state index is 0.605. The molecule has 5 nitrogen and oxygen atoms in total. The molecule has 0 saturated carbocycles. The van der Waals surface area contributed by atoms with Crippen LogP contribution < -0.4 is 5.73 Å². The smallest absolute Gasteiger partial charge is 0.178 e. The number of hydrogen-bond acceptors (Lipinski definition) is 5. The second-order valence-electron chi connectivity index (χ2n) is 3.83. The first-order valence-corrected chi connectivity index (χ1v) is 5.62. The quantitative estimate of drug-likeness (QED) is 0.868. The van der Waals surface area contributed by atoms with E-state index >= 15 is 0 Å². The molecule has 0 aliphatic heterocycles. The Kier molecular flexibility index (Phi) is 3.27. The Bertz CT molecular complexity index is 524.